The molecule has 30 heavy (non-hydrogen) atoms. The zero-order chi connectivity index (χ0) is 21.4. The fourth-order valence-corrected chi connectivity index (χ4v) is 3.77. The largest absolute Gasteiger partial charge is 0.497 e. The van der Waals surface area contributed by atoms with Crippen molar-refractivity contribution >= 4 is 51.8 Å². The highest BCUT2D eigenvalue weighted by Gasteiger charge is 2.36. The van der Waals surface area contributed by atoms with E-state index in [1.807, 2.05) is 42.1 Å². The first kappa shape index (κ1) is 19.7. The summed E-state index contributed by atoms with van der Waals surface area (Å²) >= 11 is 5.29. The number of ether oxygens (including phenoxy) is 2. The lowest BCUT2D eigenvalue weighted by molar-refractivity contribution is -0.122. The zero-order valence-corrected chi connectivity index (χ0v) is 17.4. The number of carbonyl (C=O) groups excluding carboxylic acids is 2. The molecule has 2 heterocycles. The first-order chi connectivity index (χ1) is 14.4. The molecule has 1 fully saturated rings. The average Bonchev–Trinajstić information content (AvgIpc) is 3.06. The molecule has 8 heteroatoms. The maximum Gasteiger partial charge on any atom is 0.270 e. The summed E-state index contributed by atoms with van der Waals surface area (Å²) in [4.78, 5) is 27.3. The molecule has 152 valence electrons. The number of thiocarbonyl (C=S) groups is 1. The third-order valence-electron chi connectivity index (χ3n) is 4.96. The number of methoxy groups -OCH3 is 2. The number of nitrogens with zero attached hydrogens (tertiary/aromatic N) is 2. The van der Waals surface area contributed by atoms with E-state index in [1.165, 1.54) is 19.1 Å². The number of hydrogen-bond acceptors (Lipinski definition) is 5. The molecule has 0 atom stereocenters. The third kappa shape index (κ3) is 3.21. The highest BCUT2D eigenvalue weighted by atomic mass is 32.1. The predicted octanol–water partition coefficient (Wildman–Crippen LogP) is 3.03. The maximum atomic E-state index is 13.4. The van der Waals surface area contributed by atoms with E-state index in [2.05, 4.69) is 5.32 Å². The summed E-state index contributed by atoms with van der Waals surface area (Å²) in [5.74, 6) is -0.135. The van der Waals surface area contributed by atoms with Gasteiger partial charge in [-0.3, -0.25) is 14.9 Å². The molecule has 1 aliphatic rings. The SMILES string of the molecule is COc1ccc(OC)c(N2C(=O)/C(=C\c3cn(C)c4ccccc34)C(=O)NC2=S)c1. The van der Waals surface area contributed by atoms with Crippen LogP contribution in [0.4, 0.5) is 5.69 Å². The summed E-state index contributed by atoms with van der Waals surface area (Å²) in [5.41, 5.74) is 2.12. The minimum Gasteiger partial charge on any atom is -0.497 e. The predicted molar refractivity (Wildman–Crippen MR) is 119 cm³/mol. The third-order valence-corrected chi connectivity index (χ3v) is 5.24. The summed E-state index contributed by atoms with van der Waals surface area (Å²) < 4.78 is 12.6. The van der Waals surface area contributed by atoms with Gasteiger partial charge in [-0.25, -0.2) is 4.90 Å². The van der Waals surface area contributed by atoms with Crippen molar-refractivity contribution in [2.24, 2.45) is 7.05 Å². The van der Waals surface area contributed by atoms with Crippen LogP contribution in [0.3, 0.4) is 0 Å². The van der Waals surface area contributed by atoms with Crippen LogP contribution in [-0.2, 0) is 16.6 Å². The Morgan fingerprint density at radius 1 is 1.07 bits per heavy atom. The Hall–Kier alpha value is -3.65. The fourth-order valence-electron chi connectivity index (χ4n) is 3.49. The number of fused-ring (bicyclic) bond motifs is 1. The minimum absolute atomic E-state index is 0.0216. The Morgan fingerprint density at radius 3 is 2.57 bits per heavy atom. The lowest BCUT2D eigenvalue weighted by Crippen LogP contribution is -2.54. The van der Waals surface area contributed by atoms with Crippen molar-refractivity contribution < 1.29 is 19.1 Å². The average molecular weight is 421 g/mol. The molecule has 0 bridgehead atoms. The number of amides is 2. The standard InChI is InChI=1S/C22H19N3O4S/c1-24-12-13(15-6-4-5-7-17(15)24)10-16-20(26)23-22(30)25(21(16)27)18-11-14(28-2)8-9-19(18)29-3/h4-12H,1-3H3,(H,23,26,30)/b16-10-. The molecule has 7 nitrogen and oxygen atoms in total. The summed E-state index contributed by atoms with van der Waals surface area (Å²) in [6.45, 7) is 0. The molecule has 4 rings (SSSR count). The second-order valence-electron chi connectivity index (χ2n) is 6.71. The van der Waals surface area contributed by atoms with E-state index in [4.69, 9.17) is 21.7 Å². The lowest BCUT2D eigenvalue weighted by atomic mass is 10.1. The summed E-state index contributed by atoms with van der Waals surface area (Å²) in [7, 11) is 4.93. The van der Waals surface area contributed by atoms with Crippen molar-refractivity contribution in [3.8, 4) is 11.5 Å². The van der Waals surface area contributed by atoms with E-state index in [-0.39, 0.29) is 10.7 Å². The molecular formula is C22H19N3O4S. The summed E-state index contributed by atoms with van der Waals surface area (Å²) in [5, 5.41) is 3.51. The Morgan fingerprint density at radius 2 is 1.83 bits per heavy atom. The highest BCUT2D eigenvalue weighted by molar-refractivity contribution is 7.80. The normalized spacial score (nSPS) is 15.6. The monoisotopic (exact) mass is 421 g/mol. The van der Waals surface area contributed by atoms with Crippen molar-refractivity contribution in [3.63, 3.8) is 0 Å². The quantitative estimate of drug-likeness (QED) is 0.398. The van der Waals surface area contributed by atoms with Gasteiger partial charge in [0.1, 0.15) is 17.1 Å². The molecule has 3 aromatic rings. The van der Waals surface area contributed by atoms with Gasteiger partial charge in [-0.2, -0.15) is 0 Å². The molecule has 2 amide bonds. The van der Waals surface area contributed by atoms with E-state index in [1.54, 1.807) is 24.3 Å². The number of benzene rings is 2. The minimum atomic E-state index is -0.545. The smallest absolute Gasteiger partial charge is 0.270 e. The molecule has 1 N–H and O–H groups in total. The van der Waals surface area contributed by atoms with Gasteiger partial charge in [0.15, 0.2) is 5.11 Å². The molecular weight excluding hydrogens is 402 g/mol. The van der Waals surface area contributed by atoms with E-state index >= 15 is 0 Å². The van der Waals surface area contributed by atoms with E-state index in [0.717, 1.165) is 16.5 Å². The maximum absolute atomic E-state index is 13.4. The fraction of sp³-hybridized carbons (Fsp3) is 0.136. The molecule has 1 aliphatic heterocycles. The van der Waals surface area contributed by atoms with Crippen LogP contribution >= 0.6 is 12.2 Å². The molecule has 0 saturated carbocycles. The Bertz CT molecular complexity index is 1230. The number of aromatic nitrogens is 1. The van der Waals surface area contributed by atoms with Crippen LogP contribution in [-0.4, -0.2) is 35.7 Å². The van der Waals surface area contributed by atoms with Gasteiger partial charge in [0.05, 0.1) is 19.9 Å². The van der Waals surface area contributed by atoms with Gasteiger partial charge in [-0.1, -0.05) is 18.2 Å². The topological polar surface area (TPSA) is 72.8 Å². The van der Waals surface area contributed by atoms with Gasteiger partial charge in [0.25, 0.3) is 11.8 Å². The number of aryl methyl sites for hydroxylation is 1. The second-order valence-corrected chi connectivity index (χ2v) is 7.09. The number of para-hydroxylation sites is 1. The Labute approximate surface area is 178 Å². The van der Waals surface area contributed by atoms with Crippen molar-refractivity contribution in [2.45, 2.75) is 0 Å². The van der Waals surface area contributed by atoms with Gasteiger partial charge >= 0.3 is 0 Å². The molecule has 0 unspecified atom stereocenters. The first-order valence-corrected chi connectivity index (χ1v) is 9.53. The van der Waals surface area contributed by atoms with Crippen molar-refractivity contribution in [2.75, 3.05) is 19.1 Å². The van der Waals surface area contributed by atoms with E-state index < -0.39 is 11.8 Å². The zero-order valence-electron chi connectivity index (χ0n) is 16.6. The van der Waals surface area contributed by atoms with Crippen LogP contribution in [0, 0.1) is 0 Å². The van der Waals surface area contributed by atoms with Crippen LogP contribution in [0.2, 0.25) is 0 Å². The molecule has 0 radical (unpaired) electrons. The van der Waals surface area contributed by atoms with E-state index in [0.29, 0.717) is 17.2 Å². The van der Waals surface area contributed by atoms with Crippen molar-refractivity contribution in [1.82, 2.24) is 9.88 Å². The van der Waals surface area contributed by atoms with Crippen molar-refractivity contribution in [1.29, 1.82) is 0 Å². The van der Waals surface area contributed by atoms with Crippen LogP contribution in [0.15, 0.2) is 54.2 Å². The highest BCUT2D eigenvalue weighted by Crippen LogP contribution is 2.35. The van der Waals surface area contributed by atoms with Gasteiger partial charge in [0, 0.05) is 35.8 Å². The van der Waals surface area contributed by atoms with Gasteiger partial charge in [0.2, 0.25) is 0 Å². The van der Waals surface area contributed by atoms with Crippen LogP contribution in [0.1, 0.15) is 5.56 Å². The summed E-state index contributed by atoms with van der Waals surface area (Å²) in [6, 6.07) is 12.8. The number of hydrogen-bond donors (Lipinski definition) is 1. The van der Waals surface area contributed by atoms with Gasteiger partial charge in [-0.15, -0.1) is 0 Å². The molecule has 1 saturated heterocycles. The summed E-state index contributed by atoms with van der Waals surface area (Å²) in [6.07, 6.45) is 3.46. The first-order valence-electron chi connectivity index (χ1n) is 9.12. The number of carbonyl (C=O) groups is 2. The molecule has 0 aliphatic carbocycles. The van der Waals surface area contributed by atoms with Crippen LogP contribution < -0.4 is 19.7 Å². The molecule has 0 spiro atoms. The molecule has 1 aromatic heterocycles. The van der Waals surface area contributed by atoms with Crippen LogP contribution in [0.5, 0.6) is 11.5 Å². The lowest BCUT2D eigenvalue weighted by Gasteiger charge is -2.30. The van der Waals surface area contributed by atoms with Gasteiger partial charge < -0.3 is 14.0 Å². The van der Waals surface area contributed by atoms with E-state index in [9.17, 15) is 9.59 Å². The second kappa shape index (κ2) is 7.64. The Balaban J connectivity index is 1.83. The number of rotatable bonds is 4. The number of nitrogens with one attached hydrogen (secondary N) is 1. The Kier molecular flexibility index (Phi) is 5.01. The van der Waals surface area contributed by atoms with Gasteiger partial charge in [-0.05, 0) is 36.5 Å². The molecule has 2 aromatic carbocycles. The van der Waals surface area contributed by atoms with Crippen molar-refractivity contribution in [3.05, 3.63) is 59.8 Å². The number of anilines is 1. The van der Waals surface area contributed by atoms with Crippen LogP contribution in [0.25, 0.3) is 17.0 Å².